The third-order valence-corrected chi connectivity index (χ3v) is 4.37. The van der Waals surface area contributed by atoms with Crippen molar-refractivity contribution in [3.63, 3.8) is 0 Å². The molecule has 0 radical (unpaired) electrons. The van der Waals surface area contributed by atoms with Crippen LogP contribution < -0.4 is 5.73 Å². The van der Waals surface area contributed by atoms with E-state index in [1.165, 1.54) is 0 Å². The summed E-state index contributed by atoms with van der Waals surface area (Å²) in [7, 11) is 1.80. The second kappa shape index (κ2) is 8.49. The first-order chi connectivity index (χ1) is 10.8. The van der Waals surface area contributed by atoms with Crippen LogP contribution in [0, 0.1) is 11.3 Å². The minimum atomic E-state index is -0.246. The lowest BCUT2D eigenvalue weighted by atomic mass is 9.92. The quantitative estimate of drug-likeness (QED) is 0.849. The van der Waals surface area contributed by atoms with Crippen molar-refractivity contribution in [1.29, 1.82) is 0 Å². The van der Waals surface area contributed by atoms with Crippen LogP contribution in [0.4, 0.5) is 0 Å². The van der Waals surface area contributed by atoms with E-state index in [4.69, 9.17) is 5.73 Å². The summed E-state index contributed by atoms with van der Waals surface area (Å²) in [6.07, 6.45) is 0.305. The smallest absolute Gasteiger partial charge is 0.227 e. The molecule has 2 amide bonds. The topological polar surface area (TPSA) is 66.6 Å². The van der Waals surface area contributed by atoms with Crippen LogP contribution in [-0.2, 0) is 16.1 Å². The summed E-state index contributed by atoms with van der Waals surface area (Å²) in [6.45, 7) is 6.28. The molecule has 6 heteroatoms. The van der Waals surface area contributed by atoms with E-state index < -0.39 is 0 Å². The Kier molecular flexibility index (Phi) is 7.24. The van der Waals surface area contributed by atoms with Gasteiger partial charge in [-0.2, -0.15) is 0 Å². The summed E-state index contributed by atoms with van der Waals surface area (Å²) in [5.41, 5.74) is 6.71. The number of carbonyl (C=O) groups excluding carboxylic acids is 2. The zero-order valence-corrected chi connectivity index (χ0v) is 15.5. The van der Waals surface area contributed by atoms with Crippen molar-refractivity contribution in [2.45, 2.75) is 26.8 Å². The van der Waals surface area contributed by atoms with E-state index in [9.17, 15) is 9.59 Å². The number of carbonyl (C=O) groups is 2. The van der Waals surface area contributed by atoms with Crippen LogP contribution in [0.2, 0.25) is 0 Å². The molecule has 1 heterocycles. The number of hydrogen-bond donors (Lipinski definition) is 1. The fourth-order valence-corrected chi connectivity index (χ4v) is 2.99. The van der Waals surface area contributed by atoms with Crippen LogP contribution in [0.1, 0.15) is 25.8 Å². The van der Waals surface area contributed by atoms with Gasteiger partial charge in [-0.1, -0.05) is 44.2 Å². The average molecular weight is 354 g/mol. The summed E-state index contributed by atoms with van der Waals surface area (Å²) in [5, 5.41) is 0. The van der Waals surface area contributed by atoms with E-state index in [1.807, 2.05) is 44.2 Å². The van der Waals surface area contributed by atoms with Crippen LogP contribution in [0.25, 0.3) is 0 Å². The Morgan fingerprint density at radius 2 is 1.96 bits per heavy atom. The zero-order valence-electron chi connectivity index (χ0n) is 14.7. The van der Waals surface area contributed by atoms with Crippen LogP contribution in [0.3, 0.4) is 0 Å². The number of nitrogens with zero attached hydrogens (tertiary/aromatic N) is 2. The molecule has 1 unspecified atom stereocenters. The predicted octanol–water partition coefficient (Wildman–Crippen LogP) is 1.90. The molecule has 0 spiro atoms. The molecule has 134 valence electrons. The molecular weight excluding hydrogens is 326 g/mol. The molecule has 1 aliphatic heterocycles. The summed E-state index contributed by atoms with van der Waals surface area (Å²) in [4.78, 5) is 28.3. The van der Waals surface area contributed by atoms with Gasteiger partial charge in [0.1, 0.15) is 0 Å². The fourth-order valence-electron chi connectivity index (χ4n) is 2.99. The molecule has 1 aromatic rings. The first kappa shape index (κ1) is 20.5. The van der Waals surface area contributed by atoms with Gasteiger partial charge >= 0.3 is 0 Å². The summed E-state index contributed by atoms with van der Waals surface area (Å²) >= 11 is 0. The average Bonchev–Trinajstić information content (AvgIpc) is 2.88. The summed E-state index contributed by atoms with van der Waals surface area (Å²) in [5.74, 6) is -0.154. The largest absolute Gasteiger partial charge is 0.345 e. The number of nitrogens with two attached hydrogens (primary N) is 1. The monoisotopic (exact) mass is 353 g/mol. The van der Waals surface area contributed by atoms with Crippen molar-refractivity contribution >= 4 is 24.2 Å². The van der Waals surface area contributed by atoms with E-state index in [0.717, 1.165) is 5.56 Å². The van der Waals surface area contributed by atoms with Crippen LogP contribution in [0.15, 0.2) is 30.3 Å². The maximum atomic E-state index is 12.6. The Morgan fingerprint density at radius 3 is 2.54 bits per heavy atom. The number of rotatable bonds is 6. The van der Waals surface area contributed by atoms with Gasteiger partial charge < -0.3 is 15.5 Å². The molecule has 1 aromatic carbocycles. The van der Waals surface area contributed by atoms with Crippen molar-refractivity contribution in [1.82, 2.24) is 9.80 Å². The number of hydrogen-bond acceptors (Lipinski definition) is 3. The van der Waals surface area contributed by atoms with Crippen molar-refractivity contribution < 1.29 is 9.59 Å². The molecule has 0 bridgehead atoms. The molecule has 1 atom stereocenters. The lowest BCUT2D eigenvalue weighted by molar-refractivity contribution is -0.135. The van der Waals surface area contributed by atoms with Gasteiger partial charge in [0.05, 0.1) is 5.92 Å². The van der Waals surface area contributed by atoms with Gasteiger partial charge in [0, 0.05) is 33.1 Å². The first-order valence-electron chi connectivity index (χ1n) is 8.09. The van der Waals surface area contributed by atoms with E-state index >= 15 is 0 Å². The minimum Gasteiger partial charge on any atom is -0.345 e. The third-order valence-electron chi connectivity index (χ3n) is 4.37. The lowest BCUT2D eigenvalue weighted by Crippen LogP contribution is -2.42. The van der Waals surface area contributed by atoms with Gasteiger partial charge in [0.25, 0.3) is 0 Å². The second-order valence-electron chi connectivity index (χ2n) is 7.22. The highest BCUT2D eigenvalue weighted by Crippen LogP contribution is 2.23. The first-order valence-corrected chi connectivity index (χ1v) is 8.09. The highest BCUT2D eigenvalue weighted by molar-refractivity contribution is 5.89. The van der Waals surface area contributed by atoms with Crippen LogP contribution in [-0.4, -0.2) is 48.3 Å². The van der Waals surface area contributed by atoms with Crippen molar-refractivity contribution in [3.05, 3.63) is 35.9 Å². The van der Waals surface area contributed by atoms with Gasteiger partial charge in [0.2, 0.25) is 11.8 Å². The maximum Gasteiger partial charge on any atom is 0.227 e. The molecular formula is C18H28ClN3O2. The van der Waals surface area contributed by atoms with Gasteiger partial charge in [-0.15, -0.1) is 12.4 Å². The van der Waals surface area contributed by atoms with Gasteiger partial charge in [-0.3, -0.25) is 9.59 Å². The minimum absolute atomic E-state index is 0. The van der Waals surface area contributed by atoms with Gasteiger partial charge in [-0.25, -0.2) is 0 Å². The SMILES string of the molecule is CN(CC(C)(C)CN)C(=O)C1CC(=O)N(Cc2ccccc2)C1.Cl. The normalized spacial score (nSPS) is 17.6. The second-order valence-corrected chi connectivity index (χ2v) is 7.22. The molecule has 0 saturated carbocycles. The molecule has 2 rings (SSSR count). The molecule has 1 saturated heterocycles. The Labute approximate surface area is 150 Å². The van der Waals surface area contributed by atoms with E-state index in [1.54, 1.807) is 16.8 Å². The Balaban J connectivity index is 0.00000288. The molecule has 24 heavy (non-hydrogen) atoms. The fraction of sp³-hybridized carbons (Fsp3) is 0.556. The van der Waals surface area contributed by atoms with Crippen molar-refractivity contribution in [3.8, 4) is 0 Å². The van der Waals surface area contributed by atoms with Crippen molar-refractivity contribution in [2.75, 3.05) is 26.7 Å². The highest BCUT2D eigenvalue weighted by Gasteiger charge is 2.36. The van der Waals surface area contributed by atoms with Crippen LogP contribution in [0.5, 0.6) is 0 Å². The van der Waals surface area contributed by atoms with E-state index in [0.29, 0.717) is 32.6 Å². The predicted molar refractivity (Wildman–Crippen MR) is 97.7 cm³/mol. The molecule has 5 nitrogen and oxygen atoms in total. The number of benzene rings is 1. The van der Waals surface area contributed by atoms with Gasteiger partial charge in [-0.05, 0) is 17.5 Å². The molecule has 1 fully saturated rings. The molecule has 0 aromatic heterocycles. The molecule has 2 N–H and O–H groups in total. The number of likely N-dealkylation sites (tertiary alicyclic amines) is 1. The zero-order chi connectivity index (χ0) is 17.0. The Morgan fingerprint density at radius 1 is 1.33 bits per heavy atom. The summed E-state index contributed by atoms with van der Waals surface area (Å²) in [6, 6.07) is 9.87. The standard InChI is InChI=1S/C18H27N3O2.ClH/c1-18(2,12-19)13-20(3)17(23)15-9-16(22)21(11-15)10-14-7-5-4-6-8-14;/h4-8,15H,9-13,19H2,1-3H3;1H. The molecule has 0 aliphatic carbocycles. The highest BCUT2D eigenvalue weighted by atomic mass is 35.5. The number of amides is 2. The maximum absolute atomic E-state index is 12.6. The van der Waals surface area contributed by atoms with E-state index in [2.05, 4.69) is 0 Å². The molecule has 1 aliphatic rings. The lowest BCUT2D eigenvalue weighted by Gasteiger charge is -2.30. The Hall–Kier alpha value is -1.59. The van der Waals surface area contributed by atoms with E-state index in [-0.39, 0.29) is 35.6 Å². The number of halogens is 1. The Bertz CT molecular complexity index is 563. The van der Waals surface area contributed by atoms with Crippen molar-refractivity contribution in [2.24, 2.45) is 17.1 Å². The van der Waals surface area contributed by atoms with Crippen LogP contribution >= 0.6 is 12.4 Å². The summed E-state index contributed by atoms with van der Waals surface area (Å²) < 4.78 is 0. The third kappa shape index (κ3) is 5.21. The van der Waals surface area contributed by atoms with Gasteiger partial charge in [0.15, 0.2) is 0 Å².